The van der Waals surface area contributed by atoms with Crippen LogP contribution in [-0.2, 0) is 9.59 Å². The van der Waals surface area contributed by atoms with E-state index in [4.69, 9.17) is 4.74 Å². The maximum atomic E-state index is 12.8. The predicted molar refractivity (Wildman–Crippen MR) is 161 cm³/mol. The molecule has 4 aromatic rings. The van der Waals surface area contributed by atoms with Crippen molar-refractivity contribution in [3.05, 3.63) is 77.8 Å². The Kier molecular flexibility index (Phi) is 9.05. The second kappa shape index (κ2) is 13.0. The molecule has 9 heteroatoms. The van der Waals surface area contributed by atoms with Gasteiger partial charge in [-0.05, 0) is 42.3 Å². The first-order valence-corrected chi connectivity index (χ1v) is 14.4. The van der Waals surface area contributed by atoms with E-state index in [-0.39, 0.29) is 17.9 Å². The largest absolute Gasteiger partial charge is 0.491 e. The SMILES string of the molecule is CC(=O)NC(COc1ccc2sc(C)nc2c1)CN1CCN(CC(=O)Nc2cccc(-c3ccccc3)c2)CC1. The normalized spacial score (nSPS) is 15.1. The van der Waals surface area contributed by atoms with E-state index in [9.17, 15) is 9.59 Å². The minimum absolute atomic E-state index is 0.0181. The number of piperazine rings is 1. The number of ether oxygens (including phenoxy) is 1. The van der Waals surface area contributed by atoms with Crippen molar-refractivity contribution in [1.82, 2.24) is 20.1 Å². The Labute approximate surface area is 239 Å². The van der Waals surface area contributed by atoms with Gasteiger partial charge in [-0.15, -0.1) is 11.3 Å². The first kappa shape index (κ1) is 27.8. The Morgan fingerprint density at radius 1 is 0.950 bits per heavy atom. The Balaban J connectivity index is 1.09. The lowest BCUT2D eigenvalue weighted by Crippen LogP contribution is -2.53. The van der Waals surface area contributed by atoms with Crippen LogP contribution in [0.15, 0.2) is 72.8 Å². The second-order valence-electron chi connectivity index (χ2n) is 10.1. The van der Waals surface area contributed by atoms with Crippen molar-refractivity contribution in [1.29, 1.82) is 0 Å². The smallest absolute Gasteiger partial charge is 0.238 e. The number of amides is 2. The second-order valence-corrected chi connectivity index (χ2v) is 11.4. The molecule has 3 aromatic carbocycles. The lowest BCUT2D eigenvalue weighted by molar-refractivity contribution is -0.120. The van der Waals surface area contributed by atoms with Crippen LogP contribution in [0.25, 0.3) is 21.3 Å². The molecule has 2 heterocycles. The van der Waals surface area contributed by atoms with Gasteiger partial charge in [0.05, 0.1) is 27.8 Å². The van der Waals surface area contributed by atoms with E-state index in [1.165, 1.54) is 6.92 Å². The first-order chi connectivity index (χ1) is 19.4. The Morgan fingerprint density at radius 3 is 2.48 bits per heavy atom. The molecule has 8 nitrogen and oxygen atoms in total. The van der Waals surface area contributed by atoms with Gasteiger partial charge in [-0.2, -0.15) is 0 Å². The molecule has 208 valence electrons. The van der Waals surface area contributed by atoms with E-state index < -0.39 is 0 Å². The summed E-state index contributed by atoms with van der Waals surface area (Å²) < 4.78 is 7.19. The number of hydrogen-bond acceptors (Lipinski definition) is 7. The Morgan fingerprint density at radius 2 is 1.70 bits per heavy atom. The zero-order valence-electron chi connectivity index (χ0n) is 22.9. The molecule has 0 aliphatic carbocycles. The highest BCUT2D eigenvalue weighted by Gasteiger charge is 2.22. The molecule has 2 amide bonds. The summed E-state index contributed by atoms with van der Waals surface area (Å²) >= 11 is 1.66. The molecule has 1 unspecified atom stereocenters. The molecule has 40 heavy (non-hydrogen) atoms. The van der Waals surface area contributed by atoms with Crippen molar-refractivity contribution in [3.63, 3.8) is 0 Å². The summed E-state index contributed by atoms with van der Waals surface area (Å²) in [6, 6.07) is 23.9. The van der Waals surface area contributed by atoms with Crippen LogP contribution in [0.4, 0.5) is 5.69 Å². The van der Waals surface area contributed by atoms with Crippen LogP contribution in [0.3, 0.4) is 0 Å². The highest BCUT2D eigenvalue weighted by molar-refractivity contribution is 7.18. The Bertz CT molecular complexity index is 1450. The number of carbonyl (C=O) groups is 2. The van der Waals surface area contributed by atoms with Crippen molar-refractivity contribution >= 4 is 39.1 Å². The van der Waals surface area contributed by atoms with E-state index in [1.54, 1.807) is 11.3 Å². The molecule has 0 spiro atoms. The van der Waals surface area contributed by atoms with Crippen LogP contribution in [0.5, 0.6) is 5.75 Å². The minimum atomic E-state index is -0.142. The zero-order valence-corrected chi connectivity index (χ0v) is 23.7. The van der Waals surface area contributed by atoms with E-state index >= 15 is 0 Å². The molecule has 0 bridgehead atoms. The van der Waals surface area contributed by atoms with Gasteiger partial charge in [0.25, 0.3) is 0 Å². The monoisotopic (exact) mass is 557 g/mol. The summed E-state index contributed by atoms with van der Waals surface area (Å²) in [5.74, 6) is 0.652. The number of thiazole rings is 1. The summed E-state index contributed by atoms with van der Waals surface area (Å²) in [4.78, 5) is 33.7. The fourth-order valence-corrected chi connectivity index (χ4v) is 5.80. The molecule has 5 rings (SSSR count). The van der Waals surface area contributed by atoms with Gasteiger partial charge in [0.15, 0.2) is 0 Å². The van der Waals surface area contributed by atoms with E-state index in [2.05, 4.69) is 37.6 Å². The number of nitrogens with one attached hydrogen (secondary N) is 2. The van der Waals surface area contributed by atoms with Crippen LogP contribution in [0, 0.1) is 6.92 Å². The molecular weight excluding hydrogens is 522 g/mol. The number of nitrogens with zero attached hydrogens (tertiary/aromatic N) is 3. The van der Waals surface area contributed by atoms with Crippen LogP contribution in [0.1, 0.15) is 11.9 Å². The fraction of sp³-hybridized carbons (Fsp3) is 0.323. The van der Waals surface area contributed by atoms with Crippen molar-refractivity contribution in [2.45, 2.75) is 19.9 Å². The quantitative estimate of drug-likeness (QED) is 0.300. The van der Waals surface area contributed by atoms with Gasteiger partial charge in [-0.1, -0.05) is 42.5 Å². The number of anilines is 1. The molecule has 1 aromatic heterocycles. The van der Waals surface area contributed by atoms with Gasteiger partial charge < -0.3 is 15.4 Å². The van der Waals surface area contributed by atoms with Crippen LogP contribution < -0.4 is 15.4 Å². The molecule has 1 aliphatic heterocycles. The van der Waals surface area contributed by atoms with E-state index in [1.807, 2.05) is 67.6 Å². The average molecular weight is 558 g/mol. The molecule has 1 saturated heterocycles. The Hall–Kier alpha value is -3.79. The summed E-state index contributed by atoms with van der Waals surface area (Å²) in [5, 5.41) is 7.10. The van der Waals surface area contributed by atoms with Crippen molar-refractivity contribution < 1.29 is 14.3 Å². The first-order valence-electron chi connectivity index (χ1n) is 13.6. The number of benzene rings is 3. The third-order valence-corrected chi connectivity index (χ3v) is 7.84. The van der Waals surface area contributed by atoms with Gasteiger partial charge in [0.1, 0.15) is 12.4 Å². The number of aromatic nitrogens is 1. The highest BCUT2D eigenvalue weighted by Crippen LogP contribution is 2.26. The van der Waals surface area contributed by atoms with Crippen LogP contribution in [0.2, 0.25) is 0 Å². The number of rotatable bonds is 10. The van der Waals surface area contributed by atoms with Gasteiger partial charge in [0.2, 0.25) is 11.8 Å². The maximum Gasteiger partial charge on any atom is 0.238 e. The molecule has 0 radical (unpaired) electrons. The minimum Gasteiger partial charge on any atom is -0.491 e. The number of fused-ring (bicyclic) bond motifs is 1. The fourth-order valence-electron chi connectivity index (χ4n) is 4.99. The van der Waals surface area contributed by atoms with Gasteiger partial charge in [-0.3, -0.25) is 19.4 Å². The van der Waals surface area contributed by atoms with Crippen LogP contribution in [-0.4, -0.2) is 78.5 Å². The third kappa shape index (κ3) is 7.65. The van der Waals surface area contributed by atoms with Gasteiger partial charge in [0, 0.05) is 51.4 Å². The molecular formula is C31H35N5O3S. The average Bonchev–Trinajstić information content (AvgIpc) is 3.32. The lowest BCUT2D eigenvalue weighted by Gasteiger charge is -2.36. The van der Waals surface area contributed by atoms with Crippen molar-refractivity contribution in [2.75, 3.05) is 51.2 Å². The molecule has 1 fully saturated rings. The third-order valence-electron chi connectivity index (χ3n) is 6.89. The molecule has 0 saturated carbocycles. The number of hydrogen-bond donors (Lipinski definition) is 2. The molecule has 1 atom stereocenters. The summed E-state index contributed by atoms with van der Waals surface area (Å²) in [5.41, 5.74) is 3.92. The molecule has 1 aliphatic rings. The molecule has 2 N–H and O–H groups in total. The van der Waals surface area contributed by atoms with E-state index in [0.29, 0.717) is 19.7 Å². The summed E-state index contributed by atoms with van der Waals surface area (Å²) in [6.07, 6.45) is 0. The lowest BCUT2D eigenvalue weighted by atomic mass is 10.1. The topological polar surface area (TPSA) is 86.8 Å². The van der Waals surface area contributed by atoms with Crippen molar-refractivity contribution in [3.8, 4) is 16.9 Å². The summed E-state index contributed by atoms with van der Waals surface area (Å²) in [7, 11) is 0. The highest BCUT2D eigenvalue weighted by atomic mass is 32.1. The van der Waals surface area contributed by atoms with E-state index in [0.717, 1.165) is 64.0 Å². The maximum absolute atomic E-state index is 12.8. The van der Waals surface area contributed by atoms with Crippen LogP contribution >= 0.6 is 11.3 Å². The summed E-state index contributed by atoms with van der Waals surface area (Å²) in [6.45, 7) is 8.13. The predicted octanol–water partition coefficient (Wildman–Crippen LogP) is 4.41. The zero-order chi connectivity index (χ0) is 27.9. The van der Waals surface area contributed by atoms with Gasteiger partial charge in [-0.25, -0.2) is 4.98 Å². The van der Waals surface area contributed by atoms with Gasteiger partial charge >= 0.3 is 0 Å². The standard InChI is InChI=1S/C31H35N5O3S/c1-22(37)32-27(21-39-28-11-12-30-29(18-28)33-23(2)40-30)19-35-13-15-36(16-14-35)20-31(38)34-26-10-6-9-25(17-26)24-7-4-3-5-8-24/h3-12,17-18,27H,13-16,19-21H2,1-2H3,(H,32,37)(H,34,38). The number of aryl methyl sites for hydroxylation is 1. The van der Waals surface area contributed by atoms with Crippen molar-refractivity contribution in [2.24, 2.45) is 0 Å². The number of carbonyl (C=O) groups excluding carboxylic acids is 2.